The number of rotatable bonds is 5. The maximum absolute atomic E-state index is 16.9. The minimum atomic E-state index is -0.793. The first-order valence-electron chi connectivity index (χ1n) is 15.9. The molecular formula is C33H36F2N8O3S. The number of piperazine rings is 1. The van der Waals surface area contributed by atoms with Crippen molar-refractivity contribution in [2.45, 2.75) is 59.0 Å². The fourth-order valence-electron chi connectivity index (χ4n) is 6.82. The number of nitriles is 1. The summed E-state index contributed by atoms with van der Waals surface area (Å²) in [5.41, 5.74) is 0.769. The maximum atomic E-state index is 16.9. The highest BCUT2D eigenvalue weighted by atomic mass is 32.1. The van der Waals surface area contributed by atoms with Crippen LogP contribution in [0.5, 0.6) is 0 Å². The predicted octanol–water partition coefficient (Wildman–Crippen LogP) is 5.65. The molecule has 0 spiro atoms. The fraction of sp³-hybridized carbons (Fsp3) is 0.485. The maximum Gasteiger partial charge on any atom is 0.412 e. The number of ether oxygens (including phenoxy) is 2. The summed E-state index contributed by atoms with van der Waals surface area (Å²) >= 11 is 0.871. The molecule has 0 unspecified atom stereocenters. The van der Waals surface area contributed by atoms with Crippen LogP contribution in [-0.4, -0.2) is 88.3 Å². The van der Waals surface area contributed by atoms with Crippen molar-refractivity contribution in [3.05, 3.63) is 40.7 Å². The van der Waals surface area contributed by atoms with Gasteiger partial charge >= 0.3 is 6.09 Å². The summed E-state index contributed by atoms with van der Waals surface area (Å²) in [5.74, 6) is -0.886. The third kappa shape index (κ3) is 5.75. The van der Waals surface area contributed by atoms with Crippen LogP contribution < -0.4 is 10.2 Å². The number of fused-ring (bicyclic) bond motifs is 4. The van der Waals surface area contributed by atoms with Crippen LogP contribution in [-0.2, 0) is 22.7 Å². The lowest BCUT2D eigenvalue weighted by Gasteiger charge is -2.37. The second kappa shape index (κ2) is 12.2. The Hall–Kier alpha value is -4.03. The number of hydrogen-bond donors (Lipinski definition) is 1. The molecule has 1 amide bonds. The number of nitrogens with zero attached hydrogens (tertiary/aromatic N) is 7. The quantitative estimate of drug-likeness (QED) is 0.287. The molecule has 4 aromatic rings. The van der Waals surface area contributed by atoms with E-state index in [9.17, 15) is 10.1 Å². The number of benzene rings is 1. The molecule has 3 aliphatic heterocycles. The van der Waals surface area contributed by atoms with E-state index in [4.69, 9.17) is 14.5 Å². The summed E-state index contributed by atoms with van der Waals surface area (Å²) in [7, 11) is 0. The van der Waals surface area contributed by atoms with E-state index in [2.05, 4.69) is 43.0 Å². The van der Waals surface area contributed by atoms with Crippen LogP contribution in [0.2, 0.25) is 0 Å². The molecule has 2 saturated heterocycles. The standard InChI is InChI=1S/C33H36F2N8O3S/c1-5-41-8-10-42(11-9-41)18-6-7-43(15-18)31-38-13-20-21-16-45-17-22(21)24(26(35)27(20)39-31)28-25-19(12-36)30(40-32(44)46-33(2,3)4)47-29(25)23(34)14-37-28/h13-14,18H,5-11,15-17H2,1-4H3,(H,40,44)/t18-/m0/s1. The minimum absolute atomic E-state index is 0.0312. The Balaban J connectivity index is 1.29. The summed E-state index contributed by atoms with van der Waals surface area (Å²) < 4.78 is 43.3. The average Bonchev–Trinajstić information content (AvgIpc) is 3.80. The van der Waals surface area contributed by atoms with Crippen LogP contribution in [0.4, 0.5) is 24.5 Å². The van der Waals surface area contributed by atoms with Crippen molar-refractivity contribution in [2.75, 3.05) is 56.0 Å². The molecule has 11 nitrogen and oxygen atoms in total. The molecule has 7 rings (SSSR count). The van der Waals surface area contributed by atoms with Crippen molar-refractivity contribution in [1.29, 1.82) is 5.26 Å². The van der Waals surface area contributed by atoms with Crippen molar-refractivity contribution in [3.8, 4) is 17.3 Å². The van der Waals surface area contributed by atoms with E-state index in [1.165, 1.54) is 0 Å². The summed E-state index contributed by atoms with van der Waals surface area (Å²) in [6.07, 6.45) is 2.85. The van der Waals surface area contributed by atoms with Crippen LogP contribution in [0.25, 0.3) is 32.2 Å². The van der Waals surface area contributed by atoms with Crippen LogP contribution >= 0.6 is 11.3 Å². The Morgan fingerprint density at radius 3 is 2.64 bits per heavy atom. The first-order valence-corrected chi connectivity index (χ1v) is 16.7. The number of hydrogen-bond acceptors (Lipinski definition) is 11. The minimum Gasteiger partial charge on any atom is -0.444 e. The molecule has 3 aromatic heterocycles. The molecule has 0 saturated carbocycles. The van der Waals surface area contributed by atoms with E-state index >= 15 is 8.78 Å². The van der Waals surface area contributed by atoms with Crippen molar-refractivity contribution < 1.29 is 23.0 Å². The van der Waals surface area contributed by atoms with E-state index < -0.39 is 23.3 Å². The molecule has 47 heavy (non-hydrogen) atoms. The molecule has 1 N–H and O–H groups in total. The first kappa shape index (κ1) is 31.6. The van der Waals surface area contributed by atoms with Gasteiger partial charge in [-0.25, -0.2) is 23.5 Å². The molecule has 1 aromatic carbocycles. The van der Waals surface area contributed by atoms with Gasteiger partial charge in [-0.2, -0.15) is 5.26 Å². The first-order chi connectivity index (χ1) is 22.6. The number of carbonyl (C=O) groups excluding carboxylic acids is 1. The SMILES string of the molecule is CCN1CCN([C@H]2CCN(c3ncc4c5c(c(-c6ncc(F)c7sc(NC(=O)OC(C)(C)C)c(C#N)c67)c(F)c4n3)COC5)C2)CC1. The lowest BCUT2D eigenvalue weighted by atomic mass is 9.94. The van der Waals surface area contributed by atoms with Crippen molar-refractivity contribution in [1.82, 2.24) is 24.8 Å². The molecule has 2 fully saturated rings. The van der Waals surface area contributed by atoms with Gasteiger partial charge in [0.15, 0.2) is 11.6 Å². The highest BCUT2D eigenvalue weighted by Gasteiger charge is 2.34. The predicted molar refractivity (Wildman–Crippen MR) is 175 cm³/mol. The van der Waals surface area contributed by atoms with Gasteiger partial charge in [0.25, 0.3) is 0 Å². The zero-order valence-electron chi connectivity index (χ0n) is 26.8. The van der Waals surface area contributed by atoms with Gasteiger partial charge in [0, 0.05) is 67.8 Å². The Labute approximate surface area is 275 Å². The van der Waals surface area contributed by atoms with Crippen LogP contribution in [0.15, 0.2) is 12.4 Å². The van der Waals surface area contributed by atoms with Gasteiger partial charge in [0.2, 0.25) is 5.95 Å². The number of carbonyl (C=O) groups is 1. The van der Waals surface area contributed by atoms with E-state index in [-0.39, 0.29) is 50.6 Å². The monoisotopic (exact) mass is 662 g/mol. The van der Waals surface area contributed by atoms with E-state index in [1.54, 1.807) is 27.0 Å². The number of pyridine rings is 1. The lowest BCUT2D eigenvalue weighted by Crippen LogP contribution is -2.50. The van der Waals surface area contributed by atoms with E-state index in [0.717, 1.165) is 75.3 Å². The Morgan fingerprint density at radius 1 is 1.15 bits per heavy atom. The Morgan fingerprint density at radius 2 is 1.91 bits per heavy atom. The zero-order valence-corrected chi connectivity index (χ0v) is 27.6. The number of likely N-dealkylation sites (N-methyl/N-ethyl adjacent to an activating group) is 1. The second-order valence-corrected chi connectivity index (χ2v) is 14.2. The van der Waals surface area contributed by atoms with Gasteiger partial charge in [-0.1, -0.05) is 6.92 Å². The summed E-state index contributed by atoms with van der Waals surface area (Å²) in [4.78, 5) is 33.5. The summed E-state index contributed by atoms with van der Waals surface area (Å²) in [5, 5.41) is 13.5. The van der Waals surface area contributed by atoms with E-state index in [1.807, 2.05) is 0 Å². The normalized spacial score (nSPS) is 19.0. The van der Waals surface area contributed by atoms with Crippen molar-refractivity contribution in [2.24, 2.45) is 0 Å². The van der Waals surface area contributed by atoms with Gasteiger partial charge < -0.3 is 19.3 Å². The van der Waals surface area contributed by atoms with E-state index in [0.29, 0.717) is 22.9 Å². The molecule has 1 atom stereocenters. The number of anilines is 2. The molecule has 3 aliphatic rings. The molecular weight excluding hydrogens is 626 g/mol. The second-order valence-electron chi connectivity index (χ2n) is 13.1. The highest BCUT2D eigenvalue weighted by Crippen LogP contribution is 2.46. The largest absolute Gasteiger partial charge is 0.444 e. The molecule has 0 aliphatic carbocycles. The Bertz CT molecular complexity index is 1930. The number of thiophene rings is 1. The van der Waals surface area contributed by atoms with Gasteiger partial charge in [0.05, 0.1) is 35.4 Å². The van der Waals surface area contributed by atoms with Crippen LogP contribution in [0, 0.1) is 23.0 Å². The average molecular weight is 663 g/mol. The van der Waals surface area contributed by atoms with Gasteiger partial charge in [0.1, 0.15) is 22.2 Å². The summed E-state index contributed by atoms with van der Waals surface area (Å²) in [6.45, 7) is 14.4. The zero-order chi connectivity index (χ0) is 33.0. The lowest BCUT2D eigenvalue weighted by molar-refractivity contribution is 0.0636. The third-order valence-corrected chi connectivity index (χ3v) is 10.2. The topological polar surface area (TPSA) is 120 Å². The van der Waals surface area contributed by atoms with Crippen LogP contribution in [0.3, 0.4) is 0 Å². The van der Waals surface area contributed by atoms with Gasteiger partial charge in [-0.3, -0.25) is 15.2 Å². The molecule has 0 radical (unpaired) electrons. The molecule has 14 heteroatoms. The van der Waals surface area contributed by atoms with Crippen LogP contribution in [0.1, 0.15) is 50.8 Å². The van der Waals surface area contributed by atoms with Gasteiger partial charge in [-0.15, -0.1) is 11.3 Å². The van der Waals surface area contributed by atoms with Crippen molar-refractivity contribution in [3.63, 3.8) is 0 Å². The number of halogens is 2. The molecule has 246 valence electrons. The Kier molecular flexibility index (Phi) is 8.20. The number of nitrogens with one attached hydrogen (secondary N) is 1. The number of aromatic nitrogens is 3. The van der Waals surface area contributed by atoms with Crippen molar-refractivity contribution >= 4 is 49.4 Å². The summed E-state index contributed by atoms with van der Waals surface area (Å²) in [6, 6.07) is 2.45. The molecule has 6 heterocycles. The smallest absolute Gasteiger partial charge is 0.412 e. The highest BCUT2D eigenvalue weighted by molar-refractivity contribution is 7.23. The van der Waals surface area contributed by atoms with Gasteiger partial charge in [-0.05, 0) is 44.9 Å². The number of amides is 1. The molecule has 0 bridgehead atoms. The fourth-order valence-corrected chi connectivity index (χ4v) is 7.86. The third-order valence-electron chi connectivity index (χ3n) is 9.14.